The van der Waals surface area contributed by atoms with E-state index >= 15 is 0 Å². The smallest absolute Gasteiger partial charge is 0.254 e. The SMILES string of the molecule is C=C(Cl)CCC(=O)N1CCN(C(=O)c2ccc(O)c(OC)c2)C[C@@H]1C. The van der Waals surface area contributed by atoms with E-state index in [1.165, 1.54) is 19.2 Å². The number of allylic oxidation sites excluding steroid dienone is 1. The largest absolute Gasteiger partial charge is 0.504 e. The topological polar surface area (TPSA) is 70.1 Å². The van der Waals surface area contributed by atoms with Crippen molar-refractivity contribution in [3.8, 4) is 11.5 Å². The van der Waals surface area contributed by atoms with Crippen molar-refractivity contribution in [1.29, 1.82) is 0 Å². The molecule has 1 atom stereocenters. The molecule has 1 heterocycles. The maximum atomic E-state index is 12.7. The third-order valence-corrected chi connectivity index (χ3v) is 4.46. The van der Waals surface area contributed by atoms with Gasteiger partial charge in [-0.25, -0.2) is 0 Å². The van der Waals surface area contributed by atoms with E-state index in [0.29, 0.717) is 43.1 Å². The summed E-state index contributed by atoms with van der Waals surface area (Å²) in [6, 6.07) is 4.45. The summed E-state index contributed by atoms with van der Waals surface area (Å²) in [5.74, 6) is 0.122. The standard InChI is InChI=1S/C18H23ClN2O4/c1-12(19)4-7-17(23)21-9-8-20(11-13(21)2)18(24)14-5-6-15(22)16(10-14)25-3/h5-6,10,13,22H,1,4,7-9,11H2,2-3H3/t13-/m0/s1. The highest BCUT2D eigenvalue weighted by Crippen LogP contribution is 2.27. The number of hydrogen-bond donors (Lipinski definition) is 1. The zero-order valence-electron chi connectivity index (χ0n) is 14.5. The van der Waals surface area contributed by atoms with E-state index in [0.717, 1.165) is 0 Å². The number of hydrogen-bond acceptors (Lipinski definition) is 4. The van der Waals surface area contributed by atoms with Gasteiger partial charge in [-0.05, 0) is 31.5 Å². The highest BCUT2D eigenvalue weighted by atomic mass is 35.5. The molecule has 2 rings (SSSR count). The minimum absolute atomic E-state index is 0.0105. The fourth-order valence-electron chi connectivity index (χ4n) is 2.89. The van der Waals surface area contributed by atoms with Crippen LogP contribution in [0.2, 0.25) is 0 Å². The van der Waals surface area contributed by atoms with Crippen LogP contribution >= 0.6 is 11.6 Å². The number of phenols is 1. The van der Waals surface area contributed by atoms with Crippen molar-refractivity contribution in [2.75, 3.05) is 26.7 Å². The van der Waals surface area contributed by atoms with Gasteiger partial charge in [0.15, 0.2) is 11.5 Å². The first-order valence-corrected chi connectivity index (χ1v) is 8.50. The Morgan fingerprint density at radius 3 is 2.68 bits per heavy atom. The van der Waals surface area contributed by atoms with Gasteiger partial charge in [-0.2, -0.15) is 0 Å². The van der Waals surface area contributed by atoms with Gasteiger partial charge in [0.1, 0.15) is 0 Å². The molecule has 0 aliphatic carbocycles. The van der Waals surface area contributed by atoms with Crippen molar-refractivity contribution in [2.24, 2.45) is 0 Å². The normalized spacial score (nSPS) is 17.3. The Bertz CT molecular complexity index is 677. The molecule has 1 N–H and O–H groups in total. The molecular weight excluding hydrogens is 344 g/mol. The van der Waals surface area contributed by atoms with E-state index in [-0.39, 0.29) is 29.4 Å². The molecule has 0 aromatic heterocycles. The average Bonchev–Trinajstić information content (AvgIpc) is 2.59. The van der Waals surface area contributed by atoms with Gasteiger partial charge in [0.05, 0.1) is 7.11 Å². The number of amides is 2. The number of carbonyl (C=O) groups is 2. The molecule has 1 saturated heterocycles. The number of phenolic OH excluding ortho intramolecular Hbond substituents is 1. The van der Waals surface area contributed by atoms with Gasteiger partial charge in [0.25, 0.3) is 5.91 Å². The van der Waals surface area contributed by atoms with Gasteiger partial charge in [-0.3, -0.25) is 9.59 Å². The predicted octanol–water partition coefficient (Wildman–Crippen LogP) is 2.61. The lowest BCUT2D eigenvalue weighted by molar-refractivity contribution is -0.135. The number of ether oxygens (including phenoxy) is 1. The monoisotopic (exact) mass is 366 g/mol. The van der Waals surface area contributed by atoms with Crippen molar-refractivity contribution >= 4 is 23.4 Å². The lowest BCUT2D eigenvalue weighted by Gasteiger charge is -2.40. The molecular formula is C18H23ClN2O4. The summed E-state index contributed by atoms with van der Waals surface area (Å²) >= 11 is 5.72. The molecule has 1 aromatic carbocycles. The Morgan fingerprint density at radius 2 is 2.08 bits per heavy atom. The maximum absolute atomic E-state index is 12.7. The molecule has 0 spiro atoms. The molecule has 0 saturated carbocycles. The summed E-state index contributed by atoms with van der Waals surface area (Å²) < 4.78 is 5.05. The molecule has 1 aliphatic rings. The number of methoxy groups -OCH3 is 1. The minimum Gasteiger partial charge on any atom is -0.504 e. The zero-order chi connectivity index (χ0) is 18.6. The molecule has 2 amide bonds. The second kappa shape index (κ2) is 8.25. The van der Waals surface area contributed by atoms with Gasteiger partial charge >= 0.3 is 0 Å². The molecule has 0 bridgehead atoms. The van der Waals surface area contributed by atoms with Crippen molar-refractivity contribution in [2.45, 2.75) is 25.8 Å². The number of piperazine rings is 1. The van der Waals surface area contributed by atoms with Gasteiger partial charge in [0.2, 0.25) is 5.91 Å². The summed E-state index contributed by atoms with van der Waals surface area (Å²) in [5, 5.41) is 10.1. The number of halogens is 1. The molecule has 0 radical (unpaired) electrons. The van der Waals surface area contributed by atoms with Crippen LogP contribution < -0.4 is 4.74 Å². The number of carbonyl (C=O) groups excluding carboxylic acids is 2. The Morgan fingerprint density at radius 1 is 1.36 bits per heavy atom. The minimum atomic E-state index is -0.147. The number of rotatable bonds is 5. The van der Waals surface area contributed by atoms with E-state index in [1.54, 1.807) is 15.9 Å². The van der Waals surface area contributed by atoms with Crippen LogP contribution in [0.4, 0.5) is 0 Å². The first kappa shape index (κ1) is 19.1. The van der Waals surface area contributed by atoms with Crippen LogP contribution in [0, 0.1) is 0 Å². The van der Waals surface area contributed by atoms with Gasteiger partial charge in [-0.1, -0.05) is 18.2 Å². The molecule has 25 heavy (non-hydrogen) atoms. The molecule has 7 heteroatoms. The fraction of sp³-hybridized carbons (Fsp3) is 0.444. The maximum Gasteiger partial charge on any atom is 0.254 e. The number of nitrogens with zero attached hydrogens (tertiary/aromatic N) is 2. The third-order valence-electron chi connectivity index (χ3n) is 4.27. The molecule has 0 unspecified atom stereocenters. The van der Waals surface area contributed by atoms with Gasteiger partial charge in [-0.15, -0.1) is 0 Å². The molecule has 1 fully saturated rings. The van der Waals surface area contributed by atoms with Crippen molar-refractivity contribution in [1.82, 2.24) is 9.80 Å². The summed E-state index contributed by atoms with van der Waals surface area (Å²) in [6.45, 7) is 6.91. The molecule has 1 aromatic rings. The van der Waals surface area contributed by atoms with Crippen molar-refractivity contribution in [3.63, 3.8) is 0 Å². The van der Waals surface area contributed by atoms with Gasteiger partial charge in [0, 0.05) is 42.7 Å². The first-order chi connectivity index (χ1) is 11.8. The highest BCUT2D eigenvalue weighted by Gasteiger charge is 2.30. The number of aromatic hydroxyl groups is 1. The lowest BCUT2D eigenvalue weighted by atomic mass is 10.1. The summed E-state index contributed by atoms with van der Waals surface area (Å²) in [7, 11) is 1.44. The van der Waals surface area contributed by atoms with Gasteiger partial charge < -0.3 is 19.6 Å². The second-order valence-electron chi connectivity index (χ2n) is 6.09. The second-order valence-corrected chi connectivity index (χ2v) is 6.63. The Balaban J connectivity index is 2.01. The number of benzene rings is 1. The predicted molar refractivity (Wildman–Crippen MR) is 96.0 cm³/mol. The summed E-state index contributed by atoms with van der Waals surface area (Å²) in [5.41, 5.74) is 0.445. The van der Waals surface area contributed by atoms with Crippen LogP contribution in [0.25, 0.3) is 0 Å². The summed E-state index contributed by atoms with van der Waals surface area (Å²) in [4.78, 5) is 28.4. The quantitative estimate of drug-likeness (QED) is 0.869. The Hall–Kier alpha value is -2.21. The van der Waals surface area contributed by atoms with E-state index in [4.69, 9.17) is 16.3 Å². The highest BCUT2D eigenvalue weighted by molar-refractivity contribution is 6.29. The Kier molecular flexibility index (Phi) is 6.31. The zero-order valence-corrected chi connectivity index (χ0v) is 15.3. The summed E-state index contributed by atoms with van der Waals surface area (Å²) in [6.07, 6.45) is 0.787. The van der Waals surface area contributed by atoms with E-state index in [9.17, 15) is 14.7 Å². The van der Waals surface area contributed by atoms with Crippen LogP contribution in [0.3, 0.4) is 0 Å². The van der Waals surface area contributed by atoms with Crippen molar-refractivity contribution in [3.05, 3.63) is 35.4 Å². The van der Waals surface area contributed by atoms with Crippen molar-refractivity contribution < 1.29 is 19.4 Å². The van der Waals surface area contributed by atoms with Crippen LogP contribution in [0.5, 0.6) is 11.5 Å². The Labute approximate surface area is 152 Å². The van der Waals surface area contributed by atoms with E-state index in [2.05, 4.69) is 6.58 Å². The molecule has 6 nitrogen and oxygen atoms in total. The van der Waals surface area contributed by atoms with Crippen LogP contribution in [-0.4, -0.2) is 59.5 Å². The van der Waals surface area contributed by atoms with Crippen LogP contribution in [0.1, 0.15) is 30.1 Å². The van der Waals surface area contributed by atoms with Crippen LogP contribution in [0.15, 0.2) is 29.8 Å². The molecule has 136 valence electrons. The molecule has 1 aliphatic heterocycles. The van der Waals surface area contributed by atoms with E-state index in [1.807, 2.05) is 6.92 Å². The van der Waals surface area contributed by atoms with E-state index < -0.39 is 0 Å². The van der Waals surface area contributed by atoms with Crippen LogP contribution in [-0.2, 0) is 4.79 Å². The average molecular weight is 367 g/mol. The first-order valence-electron chi connectivity index (χ1n) is 8.12. The lowest BCUT2D eigenvalue weighted by Crippen LogP contribution is -2.55. The third kappa shape index (κ3) is 4.66. The fourth-order valence-corrected chi connectivity index (χ4v) is 2.99.